The molecular formula is C49H40Cl2N8O5S2. The Labute approximate surface area is 398 Å². The molecule has 6 heterocycles. The Bertz CT molecular complexity index is 2990. The van der Waals surface area contributed by atoms with E-state index in [-0.39, 0.29) is 11.6 Å². The summed E-state index contributed by atoms with van der Waals surface area (Å²) in [6.07, 6.45) is 8.61. The molecule has 0 unspecified atom stereocenters. The quantitative estimate of drug-likeness (QED) is 0.0490. The fraction of sp³-hybridized carbons (Fsp3) is 0.184. The van der Waals surface area contributed by atoms with Gasteiger partial charge in [0.2, 0.25) is 5.89 Å². The molecule has 66 heavy (non-hydrogen) atoms. The zero-order valence-corrected chi connectivity index (χ0v) is 38.4. The van der Waals surface area contributed by atoms with E-state index in [0.717, 1.165) is 59.6 Å². The highest BCUT2D eigenvalue weighted by Crippen LogP contribution is 2.27. The number of oxazole rings is 3. The van der Waals surface area contributed by atoms with Gasteiger partial charge in [-0.05, 0) is 37.1 Å². The Morgan fingerprint density at radius 2 is 1.02 bits per heavy atom. The van der Waals surface area contributed by atoms with Gasteiger partial charge in [0.05, 0.1) is 38.1 Å². The van der Waals surface area contributed by atoms with E-state index >= 15 is 0 Å². The summed E-state index contributed by atoms with van der Waals surface area (Å²) in [7, 11) is 0. The largest absolute Gasteiger partial charge is 0.448 e. The molecule has 0 aliphatic carbocycles. The van der Waals surface area contributed by atoms with E-state index < -0.39 is 0 Å². The maximum Gasteiger partial charge on any atom is 0.208 e. The fourth-order valence-corrected chi connectivity index (χ4v) is 8.63. The third-order valence-corrected chi connectivity index (χ3v) is 12.7. The molecule has 9 rings (SSSR count). The van der Waals surface area contributed by atoms with Crippen LogP contribution in [0.15, 0.2) is 129 Å². The summed E-state index contributed by atoms with van der Waals surface area (Å²) in [6, 6.07) is 29.1. The van der Waals surface area contributed by atoms with Gasteiger partial charge in [0.1, 0.15) is 41.7 Å². The minimum absolute atomic E-state index is 0.0306. The molecule has 0 bridgehead atoms. The summed E-state index contributed by atoms with van der Waals surface area (Å²) in [6.45, 7) is 16.0. The second-order valence-corrected chi connectivity index (χ2v) is 18.0. The second kappa shape index (κ2) is 22.8. The van der Waals surface area contributed by atoms with Crippen LogP contribution in [-0.4, -0.2) is 50.3 Å². The lowest BCUT2D eigenvalue weighted by molar-refractivity contribution is 0.0976. The minimum atomic E-state index is 0.0306. The molecule has 3 N–H and O–H groups in total. The van der Waals surface area contributed by atoms with E-state index in [0.29, 0.717) is 91.2 Å². The predicted octanol–water partition coefficient (Wildman–Crippen LogP) is 13.1. The first-order valence-corrected chi connectivity index (χ1v) is 23.0. The van der Waals surface area contributed by atoms with Crippen LogP contribution in [0.25, 0.3) is 43.5 Å². The Kier molecular flexibility index (Phi) is 16.2. The minimum Gasteiger partial charge on any atom is -0.448 e. The number of thiophene rings is 2. The van der Waals surface area contributed by atoms with E-state index in [4.69, 9.17) is 60.7 Å². The van der Waals surface area contributed by atoms with Gasteiger partial charge in [-0.15, -0.1) is 22.7 Å². The molecule has 8 aromatic rings. The van der Waals surface area contributed by atoms with Gasteiger partial charge in [0.15, 0.2) is 34.7 Å². The second-order valence-electron chi connectivity index (χ2n) is 14.6. The van der Waals surface area contributed by atoms with Crippen LogP contribution in [0.3, 0.4) is 0 Å². The third kappa shape index (κ3) is 12.6. The molecule has 332 valence electrons. The number of carbonyl (C=O) groups excluding carboxylic acids is 2. The predicted molar refractivity (Wildman–Crippen MR) is 258 cm³/mol. The number of Topliss-reactive ketones (excluding diaryl/α,β-unsaturated/α-hetero) is 2. The summed E-state index contributed by atoms with van der Waals surface area (Å²) in [5.74, 6) is 2.23. The van der Waals surface area contributed by atoms with Gasteiger partial charge in [-0.1, -0.05) is 96.0 Å². The molecule has 3 aromatic carbocycles. The van der Waals surface area contributed by atoms with Crippen molar-refractivity contribution in [2.24, 2.45) is 5.73 Å². The normalized spacial score (nSPS) is 11.7. The number of likely N-dealkylation sites (tertiary alicyclic amines) is 1. The molecule has 0 spiro atoms. The molecule has 1 aliphatic rings. The first-order chi connectivity index (χ1) is 32.1. The zero-order chi connectivity index (χ0) is 46.4. The van der Waals surface area contributed by atoms with Gasteiger partial charge in [0, 0.05) is 61.0 Å². The van der Waals surface area contributed by atoms with E-state index in [9.17, 15) is 9.59 Å². The van der Waals surface area contributed by atoms with Crippen molar-refractivity contribution in [2.45, 2.75) is 45.1 Å². The number of aryl methyl sites for hydroxylation is 2. The lowest BCUT2D eigenvalue weighted by Crippen LogP contribution is -2.27. The number of amidine groups is 1. The summed E-state index contributed by atoms with van der Waals surface area (Å²) in [5, 5.41) is 8.33. The van der Waals surface area contributed by atoms with Crippen molar-refractivity contribution in [1.29, 1.82) is 5.41 Å². The molecule has 0 atom stereocenters. The van der Waals surface area contributed by atoms with Gasteiger partial charge >= 0.3 is 0 Å². The van der Waals surface area contributed by atoms with Crippen molar-refractivity contribution < 1.29 is 22.8 Å². The molecule has 0 amide bonds. The number of nitrogens with one attached hydrogen (secondary N) is 1. The first kappa shape index (κ1) is 47.0. The van der Waals surface area contributed by atoms with Crippen LogP contribution in [0.2, 0.25) is 8.67 Å². The molecule has 17 heteroatoms. The molecule has 1 aliphatic heterocycles. The van der Waals surface area contributed by atoms with E-state index in [1.165, 1.54) is 22.7 Å². The van der Waals surface area contributed by atoms with Crippen molar-refractivity contribution in [1.82, 2.24) is 19.9 Å². The number of nitrogens with zero attached hydrogens (tertiary/aromatic N) is 6. The average Bonchev–Trinajstić information content (AvgIpc) is 4.23. The number of benzene rings is 3. The number of carbonyl (C=O) groups is 2. The molecule has 1 fully saturated rings. The Morgan fingerprint density at radius 3 is 1.38 bits per heavy atom. The summed E-state index contributed by atoms with van der Waals surface area (Å²) in [4.78, 5) is 47.4. The van der Waals surface area contributed by atoms with Crippen molar-refractivity contribution in [3.63, 3.8) is 0 Å². The van der Waals surface area contributed by atoms with Crippen LogP contribution in [0.4, 0.5) is 11.4 Å². The van der Waals surface area contributed by atoms with E-state index in [1.54, 1.807) is 67.3 Å². The van der Waals surface area contributed by atoms with Gasteiger partial charge in [-0.25, -0.2) is 24.6 Å². The van der Waals surface area contributed by atoms with Crippen LogP contribution in [0.5, 0.6) is 0 Å². The van der Waals surface area contributed by atoms with Crippen LogP contribution in [-0.2, 0) is 19.4 Å². The van der Waals surface area contributed by atoms with Crippen LogP contribution < -0.4 is 5.73 Å². The topological polar surface area (TPSA) is 174 Å². The van der Waals surface area contributed by atoms with Gasteiger partial charge in [-0.2, -0.15) is 0 Å². The summed E-state index contributed by atoms with van der Waals surface area (Å²) < 4.78 is 17.3. The first-order valence-electron chi connectivity index (χ1n) is 20.6. The molecular weight excluding hydrogens is 916 g/mol. The lowest BCUT2D eigenvalue weighted by atomic mass is 10.1. The highest BCUT2D eigenvalue weighted by atomic mass is 35.5. The number of hydrogen-bond acceptors (Lipinski definition) is 12. The van der Waals surface area contributed by atoms with Gasteiger partial charge in [-0.3, -0.25) is 15.0 Å². The molecule has 13 nitrogen and oxygen atoms in total. The van der Waals surface area contributed by atoms with Gasteiger partial charge < -0.3 is 23.9 Å². The lowest BCUT2D eigenvalue weighted by Gasteiger charge is -2.18. The molecule has 0 saturated carbocycles. The average molecular weight is 956 g/mol. The Balaban J connectivity index is 0.000000154. The third-order valence-electron chi connectivity index (χ3n) is 10.1. The maximum absolute atomic E-state index is 12.2. The van der Waals surface area contributed by atoms with Crippen molar-refractivity contribution in [3.8, 4) is 33.8 Å². The van der Waals surface area contributed by atoms with E-state index in [2.05, 4.69) is 29.5 Å². The van der Waals surface area contributed by atoms with Crippen LogP contribution >= 0.6 is 45.9 Å². The molecule has 5 aromatic heterocycles. The number of nitrogens with two attached hydrogens (primary N) is 1. The van der Waals surface area contributed by atoms with Crippen molar-refractivity contribution in [3.05, 3.63) is 180 Å². The summed E-state index contributed by atoms with van der Waals surface area (Å²) >= 11 is 14.3. The number of rotatable bonds is 13. The Morgan fingerprint density at radius 1 is 0.621 bits per heavy atom. The van der Waals surface area contributed by atoms with Crippen molar-refractivity contribution in [2.75, 3.05) is 13.1 Å². The summed E-state index contributed by atoms with van der Waals surface area (Å²) in [5.41, 5.74) is 12.4. The van der Waals surface area contributed by atoms with E-state index in [1.807, 2.05) is 48.5 Å². The standard InChI is InChI=1S/C21H20ClN3O2S.C17H11ClN2O2S.C11H9N3O/c22-19-9-8-18(28-19)17(26)7-10-20-24-16(13-27-20)14-3-5-15(6-4-14)21(23)25-11-1-2-12-25;1-19-12-4-2-11(3-5-12)13-10-22-17(20-13)9-6-14(21)15-7-8-16(18)23-15;1-13-9-4-2-8(3-5-9)10-7-15-11(6-12)14-10/h3-6,8-9,13,23H,1-2,7,10-12H2;2-5,7-8,10H,6,9H2;2-5,7H,6,12H2. The Hall–Kier alpha value is -6.98. The van der Waals surface area contributed by atoms with Crippen LogP contribution in [0.1, 0.15) is 68.3 Å². The number of hydrogen-bond donors (Lipinski definition) is 2. The number of halogens is 2. The number of ketones is 2. The van der Waals surface area contributed by atoms with Crippen LogP contribution in [0, 0.1) is 18.6 Å². The van der Waals surface area contributed by atoms with Gasteiger partial charge in [0.25, 0.3) is 0 Å². The number of aromatic nitrogens is 3. The molecule has 1 saturated heterocycles. The zero-order valence-electron chi connectivity index (χ0n) is 35.2. The molecule has 0 radical (unpaired) electrons. The SMILES string of the molecule is N=C(c1ccc(-c2coc(CCC(=O)c3ccc(Cl)s3)n2)cc1)N1CCCC1.[C-]#[N+]c1ccc(-c2coc(CCC(=O)c3ccc(Cl)s3)n2)cc1.[C-]#[N+]c1ccc(-c2coc(CN)n2)cc1. The highest BCUT2D eigenvalue weighted by molar-refractivity contribution is 7.18. The highest BCUT2D eigenvalue weighted by Gasteiger charge is 2.18. The smallest absolute Gasteiger partial charge is 0.208 e. The monoisotopic (exact) mass is 954 g/mol. The van der Waals surface area contributed by atoms with Crippen molar-refractivity contribution >= 4 is 74.7 Å². The maximum atomic E-state index is 12.2. The fourth-order valence-electron chi connectivity index (χ4n) is 6.61.